The molecule has 1 fully saturated rings. The summed E-state index contributed by atoms with van der Waals surface area (Å²) in [6.45, 7) is 2.74. The molecule has 0 saturated carbocycles. The van der Waals surface area contributed by atoms with Gasteiger partial charge in [-0.25, -0.2) is 0 Å². The van der Waals surface area contributed by atoms with E-state index in [2.05, 4.69) is 12.6 Å². The summed E-state index contributed by atoms with van der Waals surface area (Å²) in [7, 11) is 1.65. The zero-order valence-electron chi connectivity index (χ0n) is 10.1. The predicted molar refractivity (Wildman–Crippen MR) is 72.0 cm³/mol. The van der Waals surface area contributed by atoms with Crippen molar-refractivity contribution >= 4 is 24.2 Å². The minimum Gasteiger partial charge on any atom is -0.496 e. The molecule has 1 aromatic carbocycles. The van der Waals surface area contributed by atoms with Crippen molar-refractivity contribution in [3.63, 3.8) is 0 Å². The zero-order chi connectivity index (χ0) is 12.4. The van der Waals surface area contributed by atoms with Gasteiger partial charge in [-0.1, -0.05) is 6.07 Å². The molecular weight excluding hydrogens is 234 g/mol. The van der Waals surface area contributed by atoms with Gasteiger partial charge in [0, 0.05) is 18.5 Å². The van der Waals surface area contributed by atoms with Crippen LogP contribution in [-0.2, 0) is 4.79 Å². The Bertz CT molecular complexity index is 433. The van der Waals surface area contributed by atoms with Crippen molar-refractivity contribution in [1.82, 2.24) is 0 Å². The Morgan fingerprint density at radius 2 is 2.29 bits per heavy atom. The number of thiol groups is 1. The molecule has 17 heavy (non-hydrogen) atoms. The number of methoxy groups -OCH3 is 1. The van der Waals surface area contributed by atoms with Crippen LogP contribution in [0.2, 0.25) is 0 Å². The molecular formula is C13H17NO2S. The Hall–Kier alpha value is -1.16. The van der Waals surface area contributed by atoms with Crippen LogP contribution in [0.15, 0.2) is 18.2 Å². The maximum absolute atomic E-state index is 11.9. The second-order valence-corrected chi connectivity index (χ2v) is 4.73. The minimum absolute atomic E-state index is 0.181. The molecule has 0 radical (unpaired) electrons. The number of anilines is 1. The molecule has 1 heterocycles. The molecule has 0 bridgehead atoms. The van der Waals surface area contributed by atoms with Crippen LogP contribution in [0.4, 0.5) is 5.69 Å². The number of hydrogen-bond donors (Lipinski definition) is 1. The van der Waals surface area contributed by atoms with E-state index in [-0.39, 0.29) is 5.91 Å². The molecule has 0 N–H and O–H groups in total. The van der Waals surface area contributed by atoms with Crippen LogP contribution in [0.5, 0.6) is 5.75 Å². The summed E-state index contributed by atoms with van der Waals surface area (Å²) in [6, 6.07) is 5.80. The number of benzene rings is 1. The van der Waals surface area contributed by atoms with E-state index < -0.39 is 0 Å². The summed E-state index contributed by atoms with van der Waals surface area (Å²) < 4.78 is 5.28. The van der Waals surface area contributed by atoms with E-state index in [0.717, 1.165) is 29.3 Å². The molecule has 1 atom stereocenters. The SMILES string of the molecule is COc1cccc(N2CC(CS)CC2=O)c1C. The molecule has 1 unspecified atom stereocenters. The largest absolute Gasteiger partial charge is 0.496 e. The third kappa shape index (κ3) is 2.27. The van der Waals surface area contributed by atoms with Crippen LogP contribution in [-0.4, -0.2) is 25.3 Å². The lowest BCUT2D eigenvalue weighted by atomic mass is 10.1. The first-order valence-electron chi connectivity index (χ1n) is 5.72. The topological polar surface area (TPSA) is 29.5 Å². The van der Waals surface area contributed by atoms with E-state index in [9.17, 15) is 4.79 Å². The third-order valence-corrected chi connectivity index (χ3v) is 3.75. The highest BCUT2D eigenvalue weighted by Gasteiger charge is 2.30. The molecule has 1 aliphatic heterocycles. The number of hydrogen-bond acceptors (Lipinski definition) is 3. The summed E-state index contributed by atoms with van der Waals surface area (Å²) in [4.78, 5) is 13.8. The molecule has 1 saturated heterocycles. The summed E-state index contributed by atoms with van der Waals surface area (Å²) in [5.74, 6) is 2.12. The van der Waals surface area contributed by atoms with Gasteiger partial charge >= 0.3 is 0 Å². The van der Waals surface area contributed by atoms with E-state index in [1.165, 1.54) is 0 Å². The van der Waals surface area contributed by atoms with Crippen molar-refractivity contribution < 1.29 is 9.53 Å². The van der Waals surface area contributed by atoms with Crippen LogP contribution in [0.3, 0.4) is 0 Å². The van der Waals surface area contributed by atoms with Crippen LogP contribution >= 0.6 is 12.6 Å². The van der Waals surface area contributed by atoms with E-state index in [1.807, 2.05) is 30.0 Å². The van der Waals surface area contributed by atoms with E-state index in [0.29, 0.717) is 12.3 Å². The normalized spacial score (nSPS) is 19.8. The highest BCUT2D eigenvalue weighted by molar-refractivity contribution is 7.80. The maximum Gasteiger partial charge on any atom is 0.227 e. The molecule has 3 nitrogen and oxygen atoms in total. The number of amides is 1. The second kappa shape index (κ2) is 5.00. The quantitative estimate of drug-likeness (QED) is 0.835. The molecule has 0 aromatic heterocycles. The van der Waals surface area contributed by atoms with Crippen molar-refractivity contribution in [1.29, 1.82) is 0 Å². The van der Waals surface area contributed by atoms with Gasteiger partial charge in [-0.3, -0.25) is 4.79 Å². The highest BCUT2D eigenvalue weighted by atomic mass is 32.1. The van der Waals surface area contributed by atoms with Crippen LogP contribution < -0.4 is 9.64 Å². The summed E-state index contributed by atoms with van der Waals surface area (Å²) in [5, 5.41) is 0. The van der Waals surface area contributed by atoms with E-state index in [4.69, 9.17) is 4.74 Å². The van der Waals surface area contributed by atoms with Gasteiger partial charge in [0.2, 0.25) is 5.91 Å². The molecule has 2 rings (SSSR count). The van der Waals surface area contributed by atoms with E-state index >= 15 is 0 Å². The van der Waals surface area contributed by atoms with Crippen LogP contribution in [0.25, 0.3) is 0 Å². The fourth-order valence-electron chi connectivity index (χ4n) is 2.25. The lowest BCUT2D eigenvalue weighted by Crippen LogP contribution is -2.25. The Morgan fingerprint density at radius 1 is 1.53 bits per heavy atom. The molecule has 0 spiro atoms. The first-order valence-corrected chi connectivity index (χ1v) is 6.35. The predicted octanol–water partition coefficient (Wildman–Crippen LogP) is 2.29. The average molecular weight is 251 g/mol. The molecule has 0 aliphatic carbocycles. The molecule has 92 valence electrons. The molecule has 1 amide bonds. The Labute approximate surface area is 107 Å². The first kappa shape index (κ1) is 12.3. The monoisotopic (exact) mass is 251 g/mol. The third-order valence-electron chi connectivity index (χ3n) is 3.23. The Kier molecular flexibility index (Phi) is 3.62. The van der Waals surface area contributed by atoms with Crippen molar-refractivity contribution in [2.45, 2.75) is 13.3 Å². The Balaban J connectivity index is 2.32. The molecule has 4 heteroatoms. The molecule has 1 aromatic rings. The fourth-order valence-corrected chi connectivity index (χ4v) is 2.50. The van der Waals surface area contributed by atoms with Gasteiger partial charge in [0.15, 0.2) is 0 Å². The summed E-state index contributed by atoms with van der Waals surface area (Å²) in [5.41, 5.74) is 1.97. The first-order chi connectivity index (χ1) is 8.17. The van der Waals surface area contributed by atoms with Gasteiger partial charge in [-0.15, -0.1) is 0 Å². The van der Waals surface area contributed by atoms with Crippen LogP contribution in [0, 0.1) is 12.8 Å². The highest BCUT2D eigenvalue weighted by Crippen LogP contribution is 2.32. The van der Waals surface area contributed by atoms with E-state index in [1.54, 1.807) is 7.11 Å². The Morgan fingerprint density at radius 3 is 2.88 bits per heavy atom. The van der Waals surface area contributed by atoms with Crippen molar-refractivity contribution in [2.24, 2.45) is 5.92 Å². The van der Waals surface area contributed by atoms with Gasteiger partial charge in [0.1, 0.15) is 5.75 Å². The maximum atomic E-state index is 11.9. The van der Waals surface area contributed by atoms with Crippen molar-refractivity contribution in [2.75, 3.05) is 24.3 Å². The van der Waals surface area contributed by atoms with Crippen LogP contribution in [0.1, 0.15) is 12.0 Å². The lowest BCUT2D eigenvalue weighted by molar-refractivity contribution is -0.117. The number of carbonyl (C=O) groups is 1. The minimum atomic E-state index is 0.181. The number of rotatable bonds is 3. The number of ether oxygens (including phenoxy) is 1. The van der Waals surface area contributed by atoms with Gasteiger partial charge < -0.3 is 9.64 Å². The summed E-state index contributed by atoms with van der Waals surface area (Å²) >= 11 is 4.27. The lowest BCUT2D eigenvalue weighted by Gasteiger charge is -2.20. The van der Waals surface area contributed by atoms with Crippen molar-refractivity contribution in [3.05, 3.63) is 23.8 Å². The smallest absolute Gasteiger partial charge is 0.227 e. The fraction of sp³-hybridized carbons (Fsp3) is 0.462. The van der Waals surface area contributed by atoms with Crippen molar-refractivity contribution in [3.8, 4) is 5.75 Å². The summed E-state index contributed by atoms with van der Waals surface area (Å²) in [6.07, 6.45) is 0.597. The standard InChI is InChI=1S/C13H17NO2S/c1-9-11(4-3-5-12(9)16-2)14-7-10(8-17)6-13(14)15/h3-5,10,17H,6-8H2,1-2H3. The van der Waals surface area contributed by atoms with Gasteiger partial charge in [-0.05, 0) is 30.7 Å². The van der Waals surface area contributed by atoms with Gasteiger partial charge in [0.25, 0.3) is 0 Å². The second-order valence-electron chi connectivity index (χ2n) is 4.36. The molecule has 1 aliphatic rings. The zero-order valence-corrected chi connectivity index (χ0v) is 11.0. The number of nitrogens with zero attached hydrogens (tertiary/aromatic N) is 1. The number of carbonyl (C=O) groups excluding carboxylic acids is 1. The van der Waals surface area contributed by atoms with Gasteiger partial charge in [0.05, 0.1) is 12.8 Å². The average Bonchev–Trinajstić information content (AvgIpc) is 2.71. The van der Waals surface area contributed by atoms with Gasteiger partial charge in [-0.2, -0.15) is 12.6 Å².